The molecule has 4 heteroatoms. The summed E-state index contributed by atoms with van der Waals surface area (Å²) in [5.74, 6) is 0.00806. The molecule has 0 aliphatic rings. The molecule has 0 aliphatic carbocycles. The highest BCUT2D eigenvalue weighted by molar-refractivity contribution is 6.30. The number of halogens is 2. The molecule has 0 heterocycles. The van der Waals surface area contributed by atoms with Crippen molar-refractivity contribution in [2.45, 2.75) is 26.1 Å². The number of hydrogen-bond acceptors (Lipinski definition) is 2. The van der Waals surface area contributed by atoms with Gasteiger partial charge in [0.05, 0.1) is 6.10 Å². The van der Waals surface area contributed by atoms with E-state index in [1.165, 1.54) is 12.1 Å². The molecule has 0 aliphatic heterocycles. The second-order valence-electron chi connectivity index (χ2n) is 4.77. The molecule has 106 valence electrons. The van der Waals surface area contributed by atoms with Gasteiger partial charge < -0.3 is 9.84 Å². The topological polar surface area (TPSA) is 29.5 Å². The molecule has 2 nitrogen and oxygen atoms in total. The molecule has 20 heavy (non-hydrogen) atoms. The molecule has 0 fully saturated rings. The Bertz CT molecular complexity index is 599. The maximum atomic E-state index is 13.9. The monoisotopic (exact) mass is 294 g/mol. The first-order chi connectivity index (χ1) is 9.49. The van der Waals surface area contributed by atoms with Crippen LogP contribution in [0.15, 0.2) is 42.5 Å². The van der Waals surface area contributed by atoms with E-state index >= 15 is 0 Å². The van der Waals surface area contributed by atoms with E-state index in [1.54, 1.807) is 24.3 Å². The van der Waals surface area contributed by atoms with Crippen LogP contribution in [0.4, 0.5) is 4.39 Å². The van der Waals surface area contributed by atoms with Gasteiger partial charge in [0.15, 0.2) is 0 Å². The van der Waals surface area contributed by atoms with Crippen LogP contribution in [0, 0.1) is 5.82 Å². The summed E-state index contributed by atoms with van der Waals surface area (Å²) in [6, 6.07) is 11.3. The predicted molar refractivity (Wildman–Crippen MR) is 77.7 cm³/mol. The van der Waals surface area contributed by atoms with Gasteiger partial charge in [-0.25, -0.2) is 4.39 Å². The van der Waals surface area contributed by atoms with Crippen molar-refractivity contribution in [1.29, 1.82) is 0 Å². The van der Waals surface area contributed by atoms with Crippen LogP contribution in [0.25, 0.3) is 0 Å². The van der Waals surface area contributed by atoms with Crippen LogP contribution in [0.3, 0.4) is 0 Å². The SMILES string of the molecule is CC(C)Oc1ccccc1C(O)c1ccc(Cl)cc1F. The van der Waals surface area contributed by atoms with Crippen LogP contribution < -0.4 is 4.74 Å². The van der Waals surface area contributed by atoms with E-state index in [0.29, 0.717) is 16.3 Å². The Hall–Kier alpha value is -1.58. The van der Waals surface area contributed by atoms with Gasteiger partial charge >= 0.3 is 0 Å². The zero-order chi connectivity index (χ0) is 14.7. The first kappa shape index (κ1) is 14.8. The Morgan fingerprint density at radius 2 is 1.80 bits per heavy atom. The summed E-state index contributed by atoms with van der Waals surface area (Å²) in [7, 11) is 0. The molecule has 0 amide bonds. The van der Waals surface area contributed by atoms with E-state index < -0.39 is 11.9 Å². The van der Waals surface area contributed by atoms with Gasteiger partial charge in [-0.3, -0.25) is 0 Å². The fourth-order valence-electron chi connectivity index (χ4n) is 1.96. The molecule has 0 spiro atoms. The van der Waals surface area contributed by atoms with Crippen molar-refractivity contribution in [1.82, 2.24) is 0 Å². The molecule has 2 aromatic carbocycles. The molecule has 0 aromatic heterocycles. The van der Waals surface area contributed by atoms with Gasteiger partial charge in [0.1, 0.15) is 17.7 Å². The highest BCUT2D eigenvalue weighted by Gasteiger charge is 2.19. The second-order valence-corrected chi connectivity index (χ2v) is 5.21. The van der Waals surface area contributed by atoms with Crippen molar-refractivity contribution < 1.29 is 14.2 Å². The highest BCUT2D eigenvalue weighted by Crippen LogP contribution is 2.32. The lowest BCUT2D eigenvalue weighted by molar-refractivity contribution is 0.194. The minimum atomic E-state index is -1.10. The first-order valence-corrected chi connectivity index (χ1v) is 6.75. The molecular weight excluding hydrogens is 279 g/mol. The summed E-state index contributed by atoms with van der Waals surface area (Å²) in [6.07, 6.45) is -1.12. The average molecular weight is 295 g/mol. The minimum Gasteiger partial charge on any atom is -0.491 e. The van der Waals surface area contributed by atoms with Gasteiger partial charge in [-0.15, -0.1) is 0 Å². The van der Waals surface area contributed by atoms with Crippen LogP contribution in [-0.2, 0) is 0 Å². The van der Waals surface area contributed by atoms with E-state index in [9.17, 15) is 9.50 Å². The van der Waals surface area contributed by atoms with E-state index in [2.05, 4.69) is 0 Å². The lowest BCUT2D eigenvalue weighted by Crippen LogP contribution is -2.10. The largest absolute Gasteiger partial charge is 0.491 e. The molecule has 1 N–H and O–H groups in total. The molecule has 0 saturated carbocycles. The third kappa shape index (κ3) is 3.30. The lowest BCUT2D eigenvalue weighted by atomic mass is 10.00. The van der Waals surface area contributed by atoms with E-state index in [0.717, 1.165) is 0 Å². The smallest absolute Gasteiger partial charge is 0.130 e. The molecule has 1 atom stereocenters. The predicted octanol–water partition coefficient (Wildman–Crippen LogP) is 4.35. The van der Waals surface area contributed by atoms with E-state index in [4.69, 9.17) is 16.3 Å². The van der Waals surface area contributed by atoms with Gasteiger partial charge in [0, 0.05) is 16.1 Å². The molecule has 0 radical (unpaired) electrons. The summed E-state index contributed by atoms with van der Waals surface area (Å²) >= 11 is 5.72. The molecule has 2 aromatic rings. The first-order valence-electron chi connectivity index (χ1n) is 6.37. The molecule has 2 rings (SSSR count). The Balaban J connectivity index is 2.40. The normalized spacial score (nSPS) is 12.5. The molecule has 0 saturated heterocycles. The second kappa shape index (κ2) is 6.25. The van der Waals surface area contributed by atoms with Gasteiger partial charge in [-0.2, -0.15) is 0 Å². The Morgan fingerprint density at radius 1 is 1.10 bits per heavy atom. The van der Waals surface area contributed by atoms with Crippen molar-refractivity contribution in [2.24, 2.45) is 0 Å². The van der Waals surface area contributed by atoms with Gasteiger partial charge in [-0.1, -0.05) is 35.9 Å². The van der Waals surface area contributed by atoms with Crippen LogP contribution in [0.1, 0.15) is 31.1 Å². The van der Waals surface area contributed by atoms with Crippen LogP contribution >= 0.6 is 11.6 Å². The number of aliphatic hydroxyl groups excluding tert-OH is 1. The zero-order valence-electron chi connectivity index (χ0n) is 11.3. The molecule has 1 unspecified atom stereocenters. The van der Waals surface area contributed by atoms with E-state index in [1.807, 2.05) is 19.9 Å². The van der Waals surface area contributed by atoms with Crippen LogP contribution in [0.2, 0.25) is 5.02 Å². The summed E-state index contributed by atoms with van der Waals surface area (Å²) in [4.78, 5) is 0. The number of para-hydroxylation sites is 1. The molecular formula is C16H16ClFO2. The van der Waals surface area contributed by atoms with Crippen LogP contribution in [-0.4, -0.2) is 11.2 Å². The van der Waals surface area contributed by atoms with Gasteiger partial charge in [0.2, 0.25) is 0 Å². The van der Waals surface area contributed by atoms with E-state index in [-0.39, 0.29) is 11.7 Å². The number of rotatable bonds is 4. The third-order valence-electron chi connectivity index (χ3n) is 2.83. The van der Waals surface area contributed by atoms with Gasteiger partial charge in [-0.05, 0) is 32.0 Å². The minimum absolute atomic E-state index is 0.0292. The maximum absolute atomic E-state index is 13.9. The summed E-state index contributed by atoms with van der Waals surface area (Å²) in [5, 5.41) is 10.7. The van der Waals surface area contributed by atoms with Crippen molar-refractivity contribution >= 4 is 11.6 Å². The quantitative estimate of drug-likeness (QED) is 0.908. The highest BCUT2D eigenvalue weighted by atomic mass is 35.5. The summed E-state index contributed by atoms with van der Waals surface area (Å²) in [6.45, 7) is 3.79. The number of hydrogen-bond donors (Lipinski definition) is 1. The van der Waals surface area contributed by atoms with Crippen molar-refractivity contribution in [3.8, 4) is 5.75 Å². The standard InChI is InChI=1S/C16H16ClFO2/c1-10(2)20-15-6-4-3-5-13(15)16(19)12-8-7-11(17)9-14(12)18/h3-10,16,19H,1-2H3. The summed E-state index contributed by atoms with van der Waals surface area (Å²) in [5.41, 5.74) is 0.705. The Morgan fingerprint density at radius 3 is 2.45 bits per heavy atom. The van der Waals surface area contributed by atoms with Crippen molar-refractivity contribution in [2.75, 3.05) is 0 Å². The zero-order valence-corrected chi connectivity index (χ0v) is 12.1. The fraction of sp³-hybridized carbons (Fsp3) is 0.250. The average Bonchev–Trinajstić information content (AvgIpc) is 2.38. The maximum Gasteiger partial charge on any atom is 0.130 e. The van der Waals surface area contributed by atoms with Crippen LogP contribution in [0.5, 0.6) is 5.75 Å². The third-order valence-corrected chi connectivity index (χ3v) is 3.07. The van der Waals surface area contributed by atoms with Crippen molar-refractivity contribution in [3.63, 3.8) is 0 Å². The Labute approximate surface area is 122 Å². The fourth-order valence-corrected chi connectivity index (χ4v) is 2.12. The number of benzene rings is 2. The van der Waals surface area contributed by atoms with Crippen molar-refractivity contribution in [3.05, 3.63) is 64.4 Å². The Kier molecular flexibility index (Phi) is 4.63. The number of aliphatic hydroxyl groups is 1. The lowest BCUT2D eigenvalue weighted by Gasteiger charge is -2.18. The summed E-state index contributed by atoms with van der Waals surface area (Å²) < 4.78 is 19.5. The van der Waals surface area contributed by atoms with Gasteiger partial charge in [0.25, 0.3) is 0 Å². The number of ether oxygens (including phenoxy) is 1. The molecule has 0 bridgehead atoms.